The Morgan fingerprint density at radius 3 is 2.50 bits per heavy atom. The van der Waals surface area contributed by atoms with Gasteiger partial charge in [0.15, 0.2) is 6.10 Å². The van der Waals surface area contributed by atoms with E-state index in [1.807, 2.05) is 46.8 Å². The number of nitrogens with zero attached hydrogens (tertiary/aromatic N) is 1. The molecule has 1 amide bonds. The molecule has 0 aromatic heterocycles. The molecule has 154 valence electrons. The SMILES string of the molecule is C=CCc1cc2c(cc1C(OC(C)(C)C)C(=O)OCC)C(C)(C)N(C(=O)O)C2. The Bertz CT molecular complexity index is 776. The lowest BCUT2D eigenvalue weighted by Crippen LogP contribution is -2.39. The van der Waals surface area contributed by atoms with Crippen LogP contribution in [0.5, 0.6) is 0 Å². The third kappa shape index (κ3) is 4.38. The van der Waals surface area contributed by atoms with Gasteiger partial charge in [-0.1, -0.05) is 12.1 Å². The van der Waals surface area contributed by atoms with Crippen molar-refractivity contribution < 1.29 is 24.2 Å². The monoisotopic (exact) mass is 389 g/mol. The summed E-state index contributed by atoms with van der Waals surface area (Å²) in [7, 11) is 0. The van der Waals surface area contributed by atoms with Crippen molar-refractivity contribution in [3.8, 4) is 0 Å². The summed E-state index contributed by atoms with van der Waals surface area (Å²) >= 11 is 0. The number of hydrogen-bond acceptors (Lipinski definition) is 4. The maximum absolute atomic E-state index is 12.7. The number of carbonyl (C=O) groups excluding carboxylic acids is 1. The molecule has 6 nitrogen and oxygen atoms in total. The summed E-state index contributed by atoms with van der Waals surface area (Å²) in [6, 6.07) is 3.87. The molecule has 1 heterocycles. The molecule has 2 rings (SSSR count). The molecular weight excluding hydrogens is 358 g/mol. The van der Waals surface area contributed by atoms with Crippen molar-refractivity contribution in [3.63, 3.8) is 0 Å². The van der Waals surface area contributed by atoms with Crippen molar-refractivity contribution >= 4 is 12.1 Å². The van der Waals surface area contributed by atoms with Crippen LogP contribution in [0.25, 0.3) is 0 Å². The van der Waals surface area contributed by atoms with Crippen LogP contribution < -0.4 is 0 Å². The average molecular weight is 389 g/mol. The predicted octanol–water partition coefficient (Wildman–Crippen LogP) is 4.56. The number of amides is 1. The van der Waals surface area contributed by atoms with Crippen molar-refractivity contribution in [1.29, 1.82) is 0 Å². The summed E-state index contributed by atoms with van der Waals surface area (Å²) in [6.07, 6.45) is 0.440. The molecule has 6 heteroatoms. The molecule has 0 fully saturated rings. The van der Waals surface area contributed by atoms with Gasteiger partial charge in [0.05, 0.1) is 24.3 Å². The first-order chi connectivity index (χ1) is 12.9. The molecule has 1 aliphatic rings. The number of ether oxygens (including phenoxy) is 2. The second-order valence-electron chi connectivity index (χ2n) is 8.49. The first-order valence-corrected chi connectivity index (χ1v) is 9.54. The summed E-state index contributed by atoms with van der Waals surface area (Å²) in [5.41, 5.74) is 2.14. The number of esters is 1. The topological polar surface area (TPSA) is 76.1 Å². The van der Waals surface area contributed by atoms with Crippen molar-refractivity contribution in [1.82, 2.24) is 4.90 Å². The summed E-state index contributed by atoms with van der Waals surface area (Å²) in [6.45, 7) is 15.5. The molecule has 1 aromatic carbocycles. The first-order valence-electron chi connectivity index (χ1n) is 9.54. The Labute approximate surface area is 167 Å². The van der Waals surface area contributed by atoms with Crippen molar-refractivity contribution in [2.45, 2.75) is 71.8 Å². The fourth-order valence-electron chi connectivity index (χ4n) is 3.62. The standard InChI is InChI=1S/C22H31NO5/c1-8-10-14-11-15-13-23(20(25)26)22(6,7)17(15)12-16(14)18(19(24)27-9-2)28-21(3,4)5/h8,11-12,18H,1,9-10,13H2,2-7H3,(H,25,26). The lowest BCUT2D eigenvalue weighted by atomic mass is 9.87. The van der Waals surface area contributed by atoms with Gasteiger partial charge in [-0.3, -0.25) is 4.90 Å². The van der Waals surface area contributed by atoms with Crippen LogP contribution in [0, 0.1) is 0 Å². The normalized spacial score (nSPS) is 16.4. The maximum atomic E-state index is 12.7. The van der Waals surface area contributed by atoms with E-state index in [1.54, 1.807) is 13.0 Å². The second kappa shape index (κ2) is 7.95. The lowest BCUT2D eigenvalue weighted by molar-refractivity contribution is -0.166. The Kier molecular flexibility index (Phi) is 6.24. The van der Waals surface area contributed by atoms with E-state index in [9.17, 15) is 14.7 Å². The molecule has 0 saturated heterocycles. The first kappa shape index (κ1) is 22.0. The number of benzene rings is 1. The summed E-state index contributed by atoms with van der Waals surface area (Å²) in [5.74, 6) is -0.450. The van der Waals surface area contributed by atoms with E-state index in [2.05, 4.69) is 6.58 Å². The zero-order valence-corrected chi connectivity index (χ0v) is 17.7. The summed E-state index contributed by atoms with van der Waals surface area (Å²) in [4.78, 5) is 25.8. The van der Waals surface area contributed by atoms with Crippen LogP contribution in [0.3, 0.4) is 0 Å². The Morgan fingerprint density at radius 2 is 2.00 bits per heavy atom. The molecular formula is C22H31NO5. The molecule has 28 heavy (non-hydrogen) atoms. The smallest absolute Gasteiger partial charge is 0.408 e. The quantitative estimate of drug-likeness (QED) is 0.570. The minimum absolute atomic E-state index is 0.253. The van der Waals surface area contributed by atoms with Gasteiger partial charge in [-0.05, 0) is 76.3 Å². The number of fused-ring (bicyclic) bond motifs is 1. The number of carbonyl (C=O) groups is 2. The fourth-order valence-corrected chi connectivity index (χ4v) is 3.62. The molecule has 0 saturated carbocycles. The van der Waals surface area contributed by atoms with Gasteiger partial charge in [-0.2, -0.15) is 0 Å². The van der Waals surface area contributed by atoms with Gasteiger partial charge in [0, 0.05) is 0 Å². The molecule has 1 aromatic rings. The van der Waals surface area contributed by atoms with Crippen molar-refractivity contribution in [3.05, 3.63) is 47.0 Å². The Morgan fingerprint density at radius 1 is 1.36 bits per heavy atom. The Balaban J connectivity index is 2.64. The van der Waals surface area contributed by atoms with E-state index >= 15 is 0 Å². The van der Waals surface area contributed by atoms with E-state index < -0.39 is 29.3 Å². The molecule has 0 spiro atoms. The van der Waals surface area contributed by atoms with Gasteiger partial charge in [0.2, 0.25) is 0 Å². The maximum Gasteiger partial charge on any atom is 0.408 e. The zero-order chi connectivity index (χ0) is 21.3. The highest BCUT2D eigenvalue weighted by molar-refractivity contribution is 5.78. The Hall–Kier alpha value is -2.34. The van der Waals surface area contributed by atoms with Crippen molar-refractivity contribution in [2.75, 3.05) is 6.61 Å². The number of carboxylic acid groups (broad SMARTS) is 1. The van der Waals surface area contributed by atoms with Crippen LogP contribution in [0.1, 0.15) is 69.9 Å². The van der Waals surface area contributed by atoms with Crippen LogP contribution in [0.15, 0.2) is 24.8 Å². The summed E-state index contributed by atoms with van der Waals surface area (Å²) in [5, 5.41) is 9.59. The van der Waals surface area contributed by atoms with E-state index in [-0.39, 0.29) is 6.61 Å². The lowest BCUT2D eigenvalue weighted by Gasteiger charge is -2.31. The molecule has 1 atom stereocenters. The van der Waals surface area contributed by atoms with E-state index in [0.717, 1.165) is 16.7 Å². The molecule has 0 radical (unpaired) electrons. The van der Waals surface area contributed by atoms with Crippen LogP contribution in [0.2, 0.25) is 0 Å². The minimum Gasteiger partial charge on any atom is -0.465 e. The number of allylic oxidation sites excluding steroid dienone is 1. The molecule has 0 aliphatic carbocycles. The fraction of sp³-hybridized carbons (Fsp3) is 0.545. The van der Waals surface area contributed by atoms with Crippen LogP contribution >= 0.6 is 0 Å². The largest absolute Gasteiger partial charge is 0.465 e. The molecule has 1 aliphatic heterocycles. The van der Waals surface area contributed by atoms with Gasteiger partial charge in [0.25, 0.3) is 0 Å². The van der Waals surface area contributed by atoms with Gasteiger partial charge in [0.1, 0.15) is 0 Å². The van der Waals surface area contributed by atoms with Crippen LogP contribution in [0.4, 0.5) is 4.79 Å². The molecule has 1 N–H and O–H groups in total. The van der Waals surface area contributed by atoms with E-state index in [4.69, 9.17) is 9.47 Å². The van der Waals surface area contributed by atoms with E-state index in [0.29, 0.717) is 18.5 Å². The van der Waals surface area contributed by atoms with Crippen LogP contribution in [-0.2, 0) is 32.8 Å². The highest BCUT2D eigenvalue weighted by atomic mass is 16.6. The van der Waals surface area contributed by atoms with Gasteiger partial charge in [-0.25, -0.2) is 9.59 Å². The van der Waals surface area contributed by atoms with Crippen LogP contribution in [-0.4, -0.2) is 34.3 Å². The van der Waals surface area contributed by atoms with Gasteiger partial charge >= 0.3 is 12.1 Å². The average Bonchev–Trinajstić information content (AvgIpc) is 2.82. The predicted molar refractivity (Wildman–Crippen MR) is 107 cm³/mol. The van der Waals surface area contributed by atoms with Gasteiger partial charge < -0.3 is 14.6 Å². The molecule has 1 unspecified atom stereocenters. The highest BCUT2D eigenvalue weighted by Gasteiger charge is 2.42. The number of hydrogen-bond donors (Lipinski definition) is 1. The zero-order valence-electron chi connectivity index (χ0n) is 17.7. The summed E-state index contributed by atoms with van der Waals surface area (Å²) < 4.78 is 11.4. The number of rotatable bonds is 6. The minimum atomic E-state index is -0.971. The third-order valence-electron chi connectivity index (χ3n) is 4.88. The van der Waals surface area contributed by atoms with Gasteiger partial charge in [-0.15, -0.1) is 6.58 Å². The van der Waals surface area contributed by atoms with Crippen molar-refractivity contribution in [2.24, 2.45) is 0 Å². The van der Waals surface area contributed by atoms with E-state index in [1.165, 1.54) is 4.90 Å². The highest BCUT2D eigenvalue weighted by Crippen LogP contribution is 2.42. The molecule has 0 bridgehead atoms. The third-order valence-corrected chi connectivity index (χ3v) is 4.88. The second-order valence-corrected chi connectivity index (χ2v) is 8.49.